The van der Waals surface area contributed by atoms with Crippen LogP contribution in [0, 0.1) is 5.92 Å². The summed E-state index contributed by atoms with van der Waals surface area (Å²) in [5.74, 6) is -0.469. The van der Waals surface area contributed by atoms with Crippen LogP contribution in [0.5, 0.6) is 0 Å². The van der Waals surface area contributed by atoms with Crippen molar-refractivity contribution in [1.82, 2.24) is 14.5 Å². The van der Waals surface area contributed by atoms with E-state index in [1.807, 2.05) is 30.3 Å². The maximum Gasteiger partial charge on any atom is 0.243 e. The molecule has 2 aliphatic heterocycles. The molecule has 4 rings (SSSR count). The first-order chi connectivity index (χ1) is 15.9. The molecule has 2 heterocycles. The van der Waals surface area contributed by atoms with Crippen molar-refractivity contribution in [2.75, 3.05) is 39.4 Å². The van der Waals surface area contributed by atoms with Crippen molar-refractivity contribution < 1.29 is 22.7 Å². The summed E-state index contributed by atoms with van der Waals surface area (Å²) in [5, 5.41) is 2.92. The van der Waals surface area contributed by atoms with Gasteiger partial charge in [-0.2, -0.15) is 4.31 Å². The summed E-state index contributed by atoms with van der Waals surface area (Å²) < 4.78 is 32.1. The van der Waals surface area contributed by atoms with Crippen LogP contribution in [0.3, 0.4) is 0 Å². The third-order valence-electron chi connectivity index (χ3n) is 6.05. The van der Waals surface area contributed by atoms with Crippen LogP contribution in [-0.2, 0) is 37.3 Å². The number of hydrogen-bond donors (Lipinski definition) is 1. The molecule has 1 N–H and O–H groups in total. The number of amides is 2. The molecule has 0 aromatic heterocycles. The third kappa shape index (κ3) is 5.79. The number of carbonyl (C=O) groups excluding carboxylic acids is 2. The van der Waals surface area contributed by atoms with Crippen LogP contribution in [-0.4, -0.2) is 68.8 Å². The predicted molar refractivity (Wildman–Crippen MR) is 123 cm³/mol. The molecule has 0 aliphatic carbocycles. The largest absolute Gasteiger partial charge is 0.379 e. The zero-order chi connectivity index (χ0) is 23.3. The molecule has 8 nitrogen and oxygen atoms in total. The van der Waals surface area contributed by atoms with Crippen molar-refractivity contribution in [3.63, 3.8) is 0 Å². The standard InChI is InChI=1S/C24H29N3O5S/c28-23-16-21(18-26(23)17-20-4-2-1-3-5-20)24(29)25-11-10-19-6-8-22(9-7-19)33(30,31)27-12-14-32-15-13-27/h1-9,21H,10-18H2,(H,25,29). The van der Waals surface area contributed by atoms with E-state index in [2.05, 4.69) is 5.32 Å². The Balaban J connectivity index is 1.24. The minimum atomic E-state index is -3.51. The average Bonchev–Trinajstić information content (AvgIpc) is 3.21. The highest BCUT2D eigenvalue weighted by Gasteiger charge is 2.34. The van der Waals surface area contributed by atoms with E-state index in [-0.39, 0.29) is 29.0 Å². The fourth-order valence-electron chi connectivity index (χ4n) is 4.14. The predicted octanol–water partition coefficient (Wildman–Crippen LogP) is 1.41. The Labute approximate surface area is 194 Å². The Morgan fingerprint density at radius 1 is 1.00 bits per heavy atom. The number of likely N-dealkylation sites (tertiary alicyclic amines) is 1. The highest BCUT2D eigenvalue weighted by molar-refractivity contribution is 7.89. The van der Waals surface area contributed by atoms with E-state index in [4.69, 9.17) is 4.74 Å². The van der Waals surface area contributed by atoms with Gasteiger partial charge < -0.3 is 15.0 Å². The lowest BCUT2D eigenvalue weighted by molar-refractivity contribution is -0.129. The Bertz CT molecular complexity index is 1070. The Hall–Kier alpha value is -2.75. The zero-order valence-electron chi connectivity index (χ0n) is 18.5. The van der Waals surface area contributed by atoms with Crippen molar-refractivity contribution in [3.05, 3.63) is 65.7 Å². The van der Waals surface area contributed by atoms with Gasteiger partial charge in [-0.25, -0.2) is 8.42 Å². The van der Waals surface area contributed by atoms with Gasteiger partial charge in [0.2, 0.25) is 21.8 Å². The monoisotopic (exact) mass is 471 g/mol. The number of morpholine rings is 1. The molecule has 0 radical (unpaired) electrons. The van der Waals surface area contributed by atoms with Gasteiger partial charge in [0.05, 0.1) is 24.0 Å². The molecule has 1 unspecified atom stereocenters. The summed E-state index contributed by atoms with van der Waals surface area (Å²) in [4.78, 5) is 26.9. The van der Waals surface area contributed by atoms with Gasteiger partial charge in [0.15, 0.2) is 0 Å². The van der Waals surface area contributed by atoms with Crippen molar-refractivity contribution in [1.29, 1.82) is 0 Å². The third-order valence-corrected chi connectivity index (χ3v) is 7.96. The molecule has 0 saturated carbocycles. The van der Waals surface area contributed by atoms with Gasteiger partial charge in [0.1, 0.15) is 0 Å². The maximum atomic E-state index is 12.7. The van der Waals surface area contributed by atoms with E-state index in [0.29, 0.717) is 52.4 Å². The summed E-state index contributed by atoms with van der Waals surface area (Å²) in [7, 11) is -3.51. The number of sulfonamides is 1. The highest BCUT2D eigenvalue weighted by Crippen LogP contribution is 2.21. The van der Waals surface area contributed by atoms with Crippen LogP contribution < -0.4 is 5.32 Å². The molecule has 9 heteroatoms. The Morgan fingerprint density at radius 2 is 1.70 bits per heavy atom. The molecule has 2 amide bonds. The first-order valence-corrected chi connectivity index (χ1v) is 12.6. The van der Waals surface area contributed by atoms with E-state index in [1.165, 1.54) is 4.31 Å². The second-order valence-electron chi connectivity index (χ2n) is 8.36. The van der Waals surface area contributed by atoms with E-state index >= 15 is 0 Å². The van der Waals surface area contributed by atoms with Crippen molar-refractivity contribution >= 4 is 21.8 Å². The van der Waals surface area contributed by atoms with Crippen LogP contribution in [0.15, 0.2) is 59.5 Å². The fourth-order valence-corrected chi connectivity index (χ4v) is 5.55. The summed E-state index contributed by atoms with van der Waals surface area (Å²) in [6.07, 6.45) is 0.810. The Kier molecular flexibility index (Phi) is 7.42. The molecule has 1 atom stereocenters. The summed E-state index contributed by atoms with van der Waals surface area (Å²) in [6, 6.07) is 16.5. The second-order valence-corrected chi connectivity index (χ2v) is 10.3. The zero-order valence-corrected chi connectivity index (χ0v) is 19.3. The lowest BCUT2D eigenvalue weighted by atomic mass is 10.1. The van der Waals surface area contributed by atoms with E-state index in [1.54, 1.807) is 29.2 Å². The van der Waals surface area contributed by atoms with Crippen molar-refractivity contribution in [2.45, 2.75) is 24.3 Å². The molecule has 0 bridgehead atoms. The van der Waals surface area contributed by atoms with E-state index < -0.39 is 10.0 Å². The summed E-state index contributed by atoms with van der Waals surface area (Å²) in [5.41, 5.74) is 1.98. The number of carbonyl (C=O) groups is 2. The first kappa shape index (κ1) is 23.4. The average molecular weight is 472 g/mol. The lowest BCUT2D eigenvalue weighted by Crippen LogP contribution is -2.40. The minimum absolute atomic E-state index is 0.00364. The van der Waals surface area contributed by atoms with Gasteiger partial charge in [0, 0.05) is 39.1 Å². The number of nitrogens with one attached hydrogen (secondary N) is 1. The molecule has 2 saturated heterocycles. The van der Waals surface area contributed by atoms with Crippen LogP contribution in [0.2, 0.25) is 0 Å². The maximum absolute atomic E-state index is 12.7. The second kappa shape index (κ2) is 10.5. The van der Waals surface area contributed by atoms with E-state index in [9.17, 15) is 18.0 Å². The molecule has 176 valence electrons. The van der Waals surface area contributed by atoms with Gasteiger partial charge in [-0.05, 0) is 29.7 Å². The molecule has 2 aromatic carbocycles. The number of benzene rings is 2. The number of nitrogens with zero attached hydrogens (tertiary/aromatic N) is 2. The van der Waals surface area contributed by atoms with Gasteiger partial charge in [-0.1, -0.05) is 42.5 Å². The van der Waals surface area contributed by atoms with Gasteiger partial charge in [0.25, 0.3) is 0 Å². The molecule has 2 aliphatic rings. The SMILES string of the molecule is O=C(NCCc1ccc(S(=O)(=O)N2CCOCC2)cc1)C1CC(=O)N(Cc2ccccc2)C1. The molecule has 33 heavy (non-hydrogen) atoms. The van der Waals surface area contributed by atoms with Crippen LogP contribution >= 0.6 is 0 Å². The molecule has 0 spiro atoms. The van der Waals surface area contributed by atoms with Gasteiger partial charge in [-0.15, -0.1) is 0 Å². The van der Waals surface area contributed by atoms with Crippen LogP contribution in [0.25, 0.3) is 0 Å². The lowest BCUT2D eigenvalue weighted by Gasteiger charge is -2.26. The fraction of sp³-hybridized carbons (Fsp3) is 0.417. The normalized spacial score (nSPS) is 19.6. The van der Waals surface area contributed by atoms with Crippen LogP contribution in [0.4, 0.5) is 0 Å². The molecular formula is C24H29N3O5S. The smallest absolute Gasteiger partial charge is 0.243 e. The quantitative estimate of drug-likeness (QED) is 0.628. The highest BCUT2D eigenvalue weighted by atomic mass is 32.2. The summed E-state index contributed by atoms with van der Waals surface area (Å²) >= 11 is 0. The topological polar surface area (TPSA) is 96.0 Å². The summed E-state index contributed by atoms with van der Waals surface area (Å²) in [6.45, 7) is 2.92. The van der Waals surface area contributed by atoms with Gasteiger partial charge in [-0.3, -0.25) is 9.59 Å². The van der Waals surface area contributed by atoms with Crippen LogP contribution in [0.1, 0.15) is 17.5 Å². The number of ether oxygens (including phenoxy) is 1. The molecular weight excluding hydrogens is 442 g/mol. The van der Waals surface area contributed by atoms with Crippen molar-refractivity contribution in [3.8, 4) is 0 Å². The number of hydrogen-bond acceptors (Lipinski definition) is 5. The van der Waals surface area contributed by atoms with Gasteiger partial charge >= 0.3 is 0 Å². The first-order valence-electron chi connectivity index (χ1n) is 11.2. The van der Waals surface area contributed by atoms with Crippen molar-refractivity contribution in [2.24, 2.45) is 5.92 Å². The minimum Gasteiger partial charge on any atom is -0.379 e. The van der Waals surface area contributed by atoms with E-state index in [0.717, 1.165) is 11.1 Å². The molecule has 2 aromatic rings. The number of rotatable bonds is 8. The molecule has 2 fully saturated rings. The Morgan fingerprint density at radius 3 is 2.39 bits per heavy atom.